The van der Waals surface area contributed by atoms with Crippen LogP contribution in [-0.4, -0.2) is 132 Å². The van der Waals surface area contributed by atoms with Crippen molar-refractivity contribution < 1.29 is 43.3 Å². The van der Waals surface area contributed by atoms with Crippen LogP contribution in [0.2, 0.25) is 5.02 Å². The Bertz CT molecular complexity index is 2080. The van der Waals surface area contributed by atoms with Crippen LogP contribution in [0.25, 0.3) is 0 Å². The number of hydrogen-bond donors (Lipinski definition) is 4. The molecule has 4 heterocycles. The molecule has 4 aliphatic rings. The summed E-state index contributed by atoms with van der Waals surface area (Å²) in [5.41, 5.74) is 2.54. The summed E-state index contributed by atoms with van der Waals surface area (Å²) in [5, 5.41) is 19.2. The largest absolute Gasteiger partial charge is 0.483 e. The van der Waals surface area contributed by atoms with Crippen LogP contribution < -0.4 is 25.6 Å². The Morgan fingerprint density at radius 3 is 2.52 bits per heavy atom. The number of piperidine rings is 1. The lowest BCUT2D eigenvalue weighted by Crippen LogP contribution is -2.54. The standard InChI is InChI=1S/C40H45ClN8O9/c1-23-19-29(50)35-33(23)36(45-22-44-35)47-13-15-48(16-14-47)38(54)27(24-5-7-25(41)8-6-24)20-42-11-17-57-18-12-43-32(52)21-58-30-4-2-3-26-34(30)40(56)49(39(26)55)28-9-10-31(51)46-37(28)53/h2-8,22-23,27-29,42,50H,9-21H2,1H3,(H,43,52)(H,46,51,53)/t23-,27?,28?,29-/m1/s1. The molecule has 2 aromatic carbocycles. The SMILES string of the molecule is C[C@@H]1C[C@@H](O)c2ncnc(N3CCN(C(=O)C(CNCCOCCNC(=O)COc4cccc5c4C(=O)N(C4CCC(=O)NC4=O)C5=O)c4ccc(Cl)cc4)CC3)c21. The van der Waals surface area contributed by atoms with Gasteiger partial charge >= 0.3 is 0 Å². The second-order valence-electron chi connectivity index (χ2n) is 14.6. The number of aliphatic hydroxyl groups excluding tert-OH is 1. The monoisotopic (exact) mass is 816 g/mol. The van der Waals surface area contributed by atoms with Gasteiger partial charge in [-0.3, -0.25) is 39.0 Å². The van der Waals surface area contributed by atoms with Gasteiger partial charge in [0.05, 0.1) is 42.1 Å². The van der Waals surface area contributed by atoms with Gasteiger partial charge in [0, 0.05) is 62.8 Å². The highest BCUT2D eigenvalue weighted by Gasteiger charge is 2.46. The van der Waals surface area contributed by atoms with Gasteiger partial charge in [-0.2, -0.15) is 0 Å². The molecule has 306 valence electrons. The Morgan fingerprint density at radius 1 is 1.00 bits per heavy atom. The number of carbonyl (C=O) groups is 6. The third kappa shape index (κ3) is 8.67. The van der Waals surface area contributed by atoms with Gasteiger partial charge in [-0.25, -0.2) is 9.97 Å². The van der Waals surface area contributed by atoms with Crippen LogP contribution in [0.1, 0.15) is 81.7 Å². The van der Waals surface area contributed by atoms with Gasteiger partial charge in [-0.1, -0.05) is 36.7 Å². The molecule has 4 atom stereocenters. The summed E-state index contributed by atoms with van der Waals surface area (Å²) in [5.74, 6) is -2.50. The quantitative estimate of drug-likeness (QED) is 0.126. The summed E-state index contributed by atoms with van der Waals surface area (Å²) < 4.78 is 11.3. The van der Waals surface area contributed by atoms with Crippen LogP contribution in [-0.2, 0) is 23.9 Å². The highest BCUT2D eigenvalue weighted by atomic mass is 35.5. The maximum Gasteiger partial charge on any atom is 0.266 e. The number of piperazine rings is 1. The van der Waals surface area contributed by atoms with Crippen LogP contribution >= 0.6 is 11.6 Å². The number of nitrogens with zero attached hydrogens (tertiary/aromatic N) is 5. The fraction of sp³-hybridized carbons (Fsp3) is 0.450. The summed E-state index contributed by atoms with van der Waals surface area (Å²) in [7, 11) is 0. The molecule has 2 fully saturated rings. The van der Waals surface area contributed by atoms with Crippen LogP contribution in [0.5, 0.6) is 5.75 Å². The molecule has 7 rings (SSSR count). The lowest BCUT2D eigenvalue weighted by molar-refractivity contribution is -0.136. The molecule has 6 amide bonds. The number of anilines is 1. The first-order valence-corrected chi connectivity index (χ1v) is 19.7. The van der Waals surface area contributed by atoms with Crippen LogP contribution in [0.4, 0.5) is 5.82 Å². The van der Waals surface area contributed by atoms with Crippen LogP contribution in [0.3, 0.4) is 0 Å². The Labute approximate surface area is 339 Å². The number of benzene rings is 2. The topological polar surface area (TPSA) is 213 Å². The number of amides is 6. The molecule has 2 saturated heterocycles. The highest BCUT2D eigenvalue weighted by Crippen LogP contribution is 2.43. The van der Waals surface area contributed by atoms with Gasteiger partial charge in [0.25, 0.3) is 17.7 Å². The summed E-state index contributed by atoms with van der Waals surface area (Å²) in [6.45, 7) is 5.43. The van der Waals surface area contributed by atoms with Crippen molar-refractivity contribution in [1.82, 2.24) is 35.7 Å². The Morgan fingerprint density at radius 2 is 1.76 bits per heavy atom. The molecule has 18 heteroatoms. The molecular weight excluding hydrogens is 772 g/mol. The van der Waals surface area contributed by atoms with Crippen molar-refractivity contribution in [2.75, 3.05) is 70.5 Å². The number of imide groups is 2. The van der Waals surface area contributed by atoms with E-state index in [4.69, 9.17) is 21.1 Å². The number of aromatic nitrogens is 2. The second kappa shape index (κ2) is 18.0. The number of nitrogens with one attached hydrogen (secondary N) is 3. The minimum absolute atomic E-state index is 0.0000856. The first-order valence-electron chi connectivity index (χ1n) is 19.4. The molecule has 0 saturated carbocycles. The average molecular weight is 817 g/mol. The third-order valence-electron chi connectivity index (χ3n) is 10.9. The van der Waals surface area contributed by atoms with E-state index >= 15 is 0 Å². The lowest BCUT2D eigenvalue weighted by atomic mass is 9.97. The molecule has 58 heavy (non-hydrogen) atoms. The molecule has 1 aromatic heterocycles. The Kier molecular flexibility index (Phi) is 12.6. The third-order valence-corrected chi connectivity index (χ3v) is 11.1. The zero-order valence-electron chi connectivity index (χ0n) is 31.9. The van der Waals surface area contributed by atoms with E-state index in [1.54, 1.807) is 12.1 Å². The van der Waals surface area contributed by atoms with Crippen molar-refractivity contribution in [3.05, 3.63) is 81.8 Å². The molecule has 4 N–H and O–H groups in total. The van der Waals surface area contributed by atoms with Gasteiger partial charge in [-0.05, 0) is 48.6 Å². The molecular formula is C40H45ClN8O9. The minimum atomic E-state index is -1.12. The smallest absolute Gasteiger partial charge is 0.266 e. The average Bonchev–Trinajstić information content (AvgIpc) is 3.66. The normalized spacial score (nSPS) is 20.8. The molecule has 0 bridgehead atoms. The summed E-state index contributed by atoms with van der Waals surface area (Å²) in [4.78, 5) is 90.5. The predicted octanol–water partition coefficient (Wildman–Crippen LogP) is 1.31. The number of rotatable bonds is 15. The van der Waals surface area contributed by atoms with Gasteiger partial charge in [-0.15, -0.1) is 0 Å². The van der Waals surface area contributed by atoms with E-state index in [9.17, 15) is 33.9 Å². The van der Waals surface area contributed by atoms with E-state index in [1.165, 1.54) is 24.5 Å². The van der Waals surface area contributed by atoms with Crippen molar-refractivity contribution in [2.45, 2.75) is 50.2 Å². The van der Waals surface area contributed by atoms with Crippen LogP contribution in [0, 0.1) is 0 Å². The number of carbonyl (C=O) groups excluding carboxylic acids is 6. The second-order valence-corrected chi connectivity index (χ2v) is 15.1. The first-order chi connectivity index (χ1) is 28.0. The summed E-state index contributed by atoms with van der Waals surface area (Å²) >= 11 is 6.16. The van der Waals surface area contributed by atoms with E-state index in [1.807, 2.05) is 17.0 Å². The number of fused-ring (bicyclic) bond motifs is 2. The molecule has 17 nitrogen and oxygen atoms in total. The van der Waals surface area contributed by atoms with E-state index in [-0.39, 0.29) is 54.7 Å². The minimum Gasteiger partial charge on any atom is -0.483 e. The lowest BCUT2D eigenvalue weighted by Gasteiger charge is -2.38. The van der Waals surface area contributed by atoms with Crippen molar-refractivity contribution in [3.63, 3.8) is 0 Å². The van der Waals surface area contributed by atoms with E-state index in [2.05, 4.69) is 37.7 Å². The molecule has 0 radical (unpaired) electrons. The molecule has 2 unspecified atom stereocenters. The molecule has 3 aromatic rings. The molecule has 1 aliphatic carbocycles. The van der Waals surface area contributed by atoms with Gasteiger partial charge in [0.2, 0.25) is 17.7 Å². The van der Waals surface area contributed by atoms with Crippen molar-refractivity contribution in [2.24, 2.45) is 0 Å². The Balaban J connectivity index is 0.834. The maximum absolute atomic E-state index is 13.9. The van der Waals surface area contributed by atoms with Gasteiger partial charge in [0.15, 0.2) is 6.61 Å². The first kappa shape index (κ1) is 40.7. The molecule has 0 spiro atoms. The molecule has 3 aliphatic heterocycles. The zero-order valence-corrected chi connectivity index (χ0v) is 32.7. The van der Waals surface area contributed by atoms with E-state index in [0.717, 1.165) is 21.8 Å². The maximum atomic E-state index is 13.9. The number of ether oxygens (including phenoxy) is 2. The van der Waals surface area contributed by atoms with Gasteiger partial charge in [0.1, 0.15) is 23.9 Å². The number of hydrogen-bond acceptors (Lipinski definition) is 13. The Hall–Kier alpha value is -5.49. The van der Waals surface area contributed by atoms with Crippen molar-refractivity contribution >= 4 is 52.9 Å². The van der Waals surface area contributed by atoms with Crippen molar-refractivity contribution in [1.29, 1.82) is 0 Å². The summed E-state index contributed by atoms with van der Waals surface area (Å²) in [6, 6.07) is 10.6. The predicted molar refractivity (Wildman–Crippen MR) is 208 cm³/mol. The number of aliphatic hydroxyl groups is 1. The summed E-state index contributed by atoms with van der Waals surface area (Å²) in [6.07, 6.45) is 1.56. The fourth-order valence-electron chi connectivity index (χ4n) is 7.91. The van der Waals surface area contributed by atoms with E-state index < -0.39 is 54.2 Å². The number of halogens is 1. The zero-order chi connectivity index (χ0) is 40.9. The van der Waals surface area contributed by atoms with Gasteiger partial charge < -0.3 is 35.0 Å². The fourth-order valence-corrected chi connectivity index (χ4v) is 8.04. The van der Waals surface area contributed by atoms with E-state index in [0.29, 0.717) is 63.0 Å². The highest BCUT2D eigenvalue weighted by molar-refractivity contribution is 6.30. The van der Waals surface area contributed by atoms with Crippen LogP contribution in [0.15, 0.2) is 48.8 Å². The van der Waals surface area contributed by atoms with Crippen molar-refractivity contribution in [3.8, 4) is 5.75 Å².